The number of hydrogen-bond donors (Lipinski definition) is 1. The lowest BCUT2D eigenvalue weighted by molar-refractivity contribution is -0.383. The summed E-state index contributed by atoms with van der Waals surface area (Å²) < 4.78 is 11.2. The molecular weight excluding hydrogens is 308 g/mol. The van der Waals surface area contributed by atoms with Gasteiger partial charge in [0.25, 0.3) is 5.69 Å². The van der Waals surface area contributed by atoms with Crippen LogP contribution in [0.3, 0.4) is 0 Å². The molecule has 0 spiro atoms. The van der Waals surface area contributed by atoms with Crippen molar-refractivity contribution in [2.75, 3.05) is 13.2 Å². The van der Waals surface area contributed by atoms with Gasteiger partial charge >= 0.3 is 0 Å². The third kappa shape index (κ3) is 3.40. The Morgan fingerprint density at radius 3 is 3.00 bits per heavy atom. The first-order chi connectivity index (χ1) is 10.6. The van der Waals surface area contributed by atoms with E-state index < -0.39 is 4.92 Å². The summed E-state index contributed by atoms with van der Waals surface area (Å²) in [4.78, 5) is 13.7. The lowest BCUT2D eigenvalue weighted by Crippen LogP contribution is -2.23. The van der Waals surface area contributed by atoms with Crippen molar-refractivity contribution in [2.24, 2.45) is 0 Å². The van der Waals surface area contributed by atoms with E-state index >= 15 is 0 Å². The van der Waals surface area contributed by atoms with Crippen LogP contribution in [-0.2, 0) is 15.9 Å². The number of benzene rings is 1. The van der Waals surface area contributed by atoms with Gasteiger partial charge < -0.3 is 14.5 Å². The molecule has 2 heterocycles. The fourth-order valence-electron chi connectivity index (χ4n) is 2.67. The van der Waals surface area contributed by atoms with Crippen LogP contribution < -0.4 is 0 Å². The highest BCUT2D eigenvalue weighted by molar-refractivity contribution is 6.31. The molecule has 7 heteroatoms. The van der Waals surface area contributed by atoms with Crippen molar-refractivity contribution in [1.82, 2.24) is 4.98 Å². The van der Waals surface area contributed by atoms with E-state index in [2.05, 4.69) is 4.98 Å². The molecule has 1 aliphatic rings. The van der Waals surface area contributed by atoms with Gasteiger partial charge in [0, 0.05) is 35.2 Å². The van der Waals surface area contributed by atoms with Gasteiger partial charge in [-0.05, 0) is 31.4 Å². The van der Waals surface area contributed by atoms with Crippen molar-refractivity contribution < 1.29 is 14.4 Å². The van der Waals surface area contributed by atoms with Crippen molar-refractivity contribution in [3.63, 3.8) is 0 Å². The average Bonchev–Trinajstić information content (AvgIpc) is 2.89. The lowest BCUT2D eigenvalue weighted by Gasteiger charge is -2.22. The molecule has 1 aromatic carbocycles. The number of nitrogens with one attached hydrogen (secondary N) is 1. The first kappa shape index (κ1) is 15.3. The Hall–Kier alpha value is -1.63. The zero-order chi connectivity index (χ0) is 15.5. The largest absolute Gasteiger partial charge is 0.353 e. The lowest BCUT2D eigenvalue weighted by atomic mass is 10.2. The van der Waals surface area contributed by atoms with Crippen molar-refractivity contribution >= 4 is 28.2 Å². The second-order valence-corrected chi connectivity index (χ2v) is 5.79. The number of rotatable bonds is 5. The van der Waals surface area contributed by atoms with Crippen LogP contribution >= 0.6 is 11.6 Å². The van der Waals surface area contributed by atoms with E-state index in [1.807, 2.05) is 6.07 Å². The fourth-order valence-corrected chi connectivity index (χ4v) is 2.89. The summed E-state index contributed by atoms with van der Waals surface area (Å²) in [6.07, 6.45) is 3.66. The van der Waals surface area contributed by atoms with E-state index in [9.17, 15) is 10.1 Å². The molecule has 0 bridgehead atoms. The van der Waals surface area contributed by atoms with E-state index in [1.54, 1.807) is 6.07 Å². The minimum atomic E-state index is -0.430. The maximum atomic E-state index is 11.1. The van der Waals surface area contributed by atoms with Gasteiger partial charge in [-0.3, -0.25) is 10.1 Å². The molecule has 1 saturated heterocycles. The number of nitro groups is 1. The van der Waals surface area contributed by atoms with Crippen LogP contribution in [0, 0.1) is 10.1 Å². The molecule has 118 valence electrons. The van der Waals surface area contributed by atoms with Gasteiger partial charge in [0.1, 0.15) is 5.52 Å². The maximum Gasteiger partial charge on any atom is 0.294 e. The van der Waals surface area contributed by atoms with Gasteiger partial charge in [-0.25, -0.2) is 0 Å². The minimum Gasteiger partial charge on any atom is -0.353 e. The molecule has 1 aliphatic heterocycles. The van der Waals surface area contributed by atoms with Crippen LogP contribution in [0.5, 0.6) is 0 Å². The Labute approximate surface area is 132 Å². The van der Waals surface area contributed by atoms with Crippen molar-refractivity contribution in [1.29, 1.82) is 0 Å². The highest BCUT2D eigenvalue weighted by Crippen LogP contribution is 2.30. The minimum absolute atomic E-state index is 0.00900. The maximum absolute atomic E-state index is 11.1. The predicted octanol–water partition coefficient (Wildman–Crippen LogP) is 3.82. The zero-order valence-electron chi connectivity index (χ0n) is 12.0. The molecule has 22 heavy (non-hydrogen) atoms. The number of non-ortho nitro benzene ring substituents is 1. The molecule has 0 saturated carbocycles. The fraction of sp³-hybridized carbons (Fsp3) is 0.467. The number of hydrogen-bond acceptors (Lipinski definition) is 4. The summed E-state index contributed by atoms with van der Waals surface area (Å²) in [5.74, 6) is 0. The summed E-state index contributed by atoms with van der Waals surface area (Å²) in [5.41, 5.74) is 1.37. The van der Waals surface area contributed by atoms with Crippen LogP contribution in [-0.4, -0.2) is 29.4 Å². The second-order valence-electron chi connectivity index (χ2n) is 5.36. The standard InChI is InChI=1S/C15H17ClN2O4/c16-11-7-10-8-12(17-15(10)13(9-11)18(19)20)4-6-22-14-3-1-2-5-21-14/h7-9,14,17H,1-6H2. The van der Waals surface area contributed by atoms with Gasteiger partial charge in [0.05, 0.1) is 11.5 Å². The summed E-state index contributed by atoms with van der Waals surface area (Å²) >= 11 is 5.92. The zero-order valence-corrected chi connectivity index (χ0v) is 12.8. The number of aromatic amines is 1. The molecule has 1 aromatic heterocycles. The number of nitrogens with zero attached hydrogens (tertiary/aromatic N) is 1. The third-order valence-corrected chi connectivity index (χ3v) is 3.96. The molecule has 0 radical (unpaired) electrons. The summed E-state index contributed by atoms with van der Waals surface area (Å²) in [6, 6.07) is 4.95. The van der Waals surface area contributed by atoms with E-state index in [1.165, 1.54) is 6.07 Å². The Morgan fingerprint density at radius 1 is 1.41 bits per heavy atom. The summed E-state index contributed by atoms with van der Waals surface area (Å²) in [6.45, 7) is 1.26. The molecule has 1 unspecified atom stereocenters. The molecule has 1 atom stereocenters. The molecule has 1 N–H and O–H groups in total. The van der Waals surface area contributed by atoms with E-state index in [4.69, 9.17) is 21.1 Å². The van der Waals surface area contributed by atoms with Crippen molar-refractivity contribution in [3.8, 4) is 0 Å². The SMILES string of the molecule is O=[N+]([O-])c1cc(Cl)cc2cc(CCOC3CCCCO3)[nH]c12. The highest BCUT2D eigenvalue weighted by atomic mass is 35.5. The highest BCUT2D eigenvalue weighted by Gasteiger charge is 2.17. The number of halogens is 1. The first-order valence-corrected chi connectivity index (χ1v) is 7.70. The third-order valence-electron chi connectivity index (χ3n) is 3.74. The first-order valence-electron chi connectivity index (χ1n) is 7.32. The molecule has 1 fully saturated rings. The molecular formula is C15H17ClN2O4. The van der Waals surface area contributed by atoms with Crippen molar-refractivity contribution in [2.45, 2.75) is 32.0 Å². The number of fused-ring (bicyclic) bond motifs is 1. The molecule has 0 amide bonds. The van der Waals surface area contributed by atoms with E-state index in [0.29, 0.717) is 23.6 Å². The Bertz CT molecular complexity index is 679. The van der Waals surface area contributed by atoms with Crippen molar-refractivity contribution in [3.05, 3.63) is 39.0 Å². The van der Waals surface area contributed by atoms with Crippen LogP contribution in [0.25, 0.3) is 10.9 Å². The summed E-state index contributed by atoms with van der Waals surface area (Å²) in [5, 5.41) is 12.2. The molecule has 2 aromatic rings. The molecule has 0 aliphatic carbocycles. The van der Waals surface area contributed by atoms with Gasteiger partial charge in [-0.15, -0.1) is 0 Å². The quantitative estimate of drug-likeness (QED) is 0.670. The van der Waals surface area contributed by atoms with Gasteiger partial charge in [-0.1, -0.05) is 11.6 Å². The van der Waals surface area contributed by atoms with Gasteiger partial charge in [0.15, 0.2) is 6.29 Å². The van der Waals surface area contributed by atoms with Gasteiger partial charge in [-0.2, -0.15) is 0 Å². The number of aromatic nitrogens is 1. The Morgan fingerprint density at radius 2 is 2.27 bits per heavy atom. The summed E-state index contributed by atoms with van der Waals surface area (Å²) in [7, 11) is 0. The number of ether oxygens (including phenoxy) is 2. The normalized spacial score (nSPS) is 18.7. The van der Waals surface area contributed by atoms with Gasteiger partial charge in [0.2, 0.25) is 0 Å². The second kappa shape index (κ2) is 6.64. The molecule has 6 nitrogen and oxygen atoms in total. The topological polar surface area (TPSA) is 77.4 Å². The van der Waals surface area contributed by atoms with Crippen LogP contribution in [0.4, 0.5) is 5.69 Å². The van der Waals surface area contributed by atoms with E-state index in [0.717, 1.165) is 36.9 Å². The predicted molar refractivity (Wildman–Crippen MR) is 83.2 cm³/mol. The van der Waals surface area contributed by atoms with Crippen LogP contribution in [0.15, 0.2) is 18.2 Å². The molecule has 3 rings (SSSR count). The van der Waals surface area contributed by atoms with Crippen LogP contribution in [0.2, 0.25) is 5.02 Å². The van der Waals surface area contributed by atoms with Crippen LogP contribution in [0.1, 0.15) is 25.0 Å². The average molecular weight is 325 g/mol. The monoisotopic (exact) mass is 324 g/mol. The Kier molecular flexibility index (Phi) is 4.61. The smallest absolute Gasteiger partial charge is 0.294 e. The van der Waals surface area contributed by atoms with E-state index in [-0.39, 0.29) is 12.0 Å². The Balaban J connectivity index is 1.69. The number of nitro benzene ring substituents is 1. The number of H-pyrrole nitrogens is 1.